The third kappa shape index (κ3) is 9.00. The van der Waals surface area contributed by atoms with Crippen LogP contribution in [0.15, 0.2) is 48.2 Å². The zero-order valence-corrected chi connectivity index (χ0v) is 21.3. The summed E-state index contributed by atoms with van der Waals surface area (Å²) < 4.78 is 0. The van der Waals surface area contributed by atoms with Crippen molar-refractivity contribution in [3.63, 3.8) is 0 Å². The van der Waals surface area contributed by atoms with E-state index in [1.54, 1.807) is 17.5 Å². The number of aromatic amines is 1. The molecular formula is C26H38N6OS. The minimum Gasteiger partial charge on any atom is -0.352 e. The quantitative estimate of drug-likeness (QED) is 0.289. The van der Waals surface area contributed by atoms with Crippen LogP contribution in [0.3, 0.4) is 0 Å². The zero-order chi connectivity index (χ0) is 24.0. The number of aromatic nitrogens is 3. The minimum atomic E-state index is 0.000694. The van der Waals surface area contributed by atoms with E-state index >= 15 is 0 Å². The zero-order valence-electron chi connectivity index (χ0n) is 20.5. The summed E-state index contributed by atoms with van der Waals surface area (Å²) in [5.74, 6) is 0.931. The van der Waals surface area contributed by atoms with E-state index in [2.05, 4.69) is 43.9 Å². The Morgan fingerprint density at radius 1 is 0.941 bits per heavy atom. The van der Waals surface area contributed by atoms with Crippen molar-refractivity contribution in [2.45, 2.75) is 59.2 Å². The van der Waals surface area contributed by atoms with Crippen LogP contribution in [0, 0.1) is 0 Å². The smallest absolute Gasteiger partial charge is 0.251 e. The number of nitrogens with zero attached hydrogens (tertiary/aromatic N) is 4. The molecule has 0 unspecified atom stereocenters. The van der Waals surface area contributed by atoms with Crippen molar-refractivity contribution in [1.82, 2.24) is 30.1 Å². The molecule has 184 valence electrons. The molecule has 0 fully saturated rings. The molecule has 0 bridgehead atoms. The molecular weight excluding hydrogens is 444 g/mol. The van der Waals surface area contributed by atoms with E-state index in [1.165, 1.54) is 12.8 Å². The molecule has 0 aliphatic heterocycles. The number of H-pyrrole nitrogens is 1. The van der Waals surface area contributed by atoms with Crippen molar-refractivity contribution in [1.29, 1.82) is 0 Å². The maximum Gasteiger partial charge on any atom is 0.251 e. The largest absolute Gasteiger partial charge is 0.352 e. The summed E-state index contributed by atoms with van der Waals surface area (Å²) in [6.45, 7) is 10.8. The number of carbonyl (C=O) groups is 1. The van der Waals surface area contributed by atoms with Crippen LogP contribution in [0.25, 0.3) is 0 Å². The van der Waals surface area contributed by atoms with Crippen LogP contribution in [0.2, 0.25) is 0 Å². The highest BCUT2D eigenvalue weighted by molar-refractivity contribution is 7.09. The van der Waals surface area contributed by atoms with Gasteiger partial charge in [-0.25, -0.2) is 9.97 Å². The Hall–Kier alpha value is -2.55. The molecule has 0 aliphatic carbocycles. The van der Waals surface area contributed by atoms with Gasteiger partial charge in [-0.15, -0.1) is 11.3 Å². The van der Waals surface area contributed by atoms with E-state index in [0.29, 0.717) is 12.1 Å². The fraction of sp³-hybridized carbons (Fsp3) is 0.500. The van der Waals surface area contributed by atoms with Crippen LogP contribution in [0.1, 0.15) is 66.3 Å². The summed E-state index contributed by atoms with van der Waals surface area (Å²) in [6, 6.07) is 7.92. The van der Waals surface area contributed by atoms with Crippen LogP contribution in [-0.4, -0.2) is 56.8 Å². The first-order chi connectivity index (χ1) is 16.7. The summed E-state index contributed by atoms with van der Waals surface area (Å²) in [5.41, 5.74) is 1.87. The second kappa shape index (κ2) is 14.7. The molecule has 2 aromatic heterocycles. The standard InChI is InChI=1S/C26H38N6OS/c1-3-15-31(16-4-2)17-6-5-11-30-26(33)23-9-7-22(8-10-23)19-32(20-24-27-12-13-28-24)21-25-29-14-18-34-25/h7-10,12-14,18H,3-6,11,15-17,19-21H2,1-2H3,(H,27,28)(H,30,33). The number of unbranched alkanes of at least 4 members (excludes halogenated alkanes) is 1. The van der Waals surface area contributed by atoms with E-state index < -0.39 is 0 Å². The summed E-state index contributed by atoms with van der Waals surface area (Å²) in [5, 5.41) is 6.15. The highest BCUT2D eigenvalue weighted by Crippen LogP contribution is 2.15. The van der Waals surface area contributed by atoms with Gasteiger partial charge in [0.15, 0.2) is 0 Å². The predicted octanol–water partition coefficient (Wildman–Crippen LogP) is 4.70. The molecule has 0 atom stereocenters. The molecule has 7 nitrogen and oxygen atoms in total. The lowest BCUT2D eigenvalue weighted by atomic mass is 10.1. The number of hydrogen-bond acceptors (Lipinski definition) is 6. The lowest BCUT2D eigenvalue weighted by molar-refractivity contribution is 0.0952. The van der Waals surface area contributed by atoms with E-state index in [-0.39, 0.29) is 5.91 Å². The highest BCUT2D eigenvalue weighted by Gasteiger charge is 2.12. The Labute approximate surface area is 207 Å². The van der Waals surface area contributed by atoms with Crippen molar-refractivity contribution in [3.05, 3.63) is 70.2 Å². The van der Waals surface area contributed by atoms with E-state index in [4.69, 9.17) is 0 Å². The molecule has 34 heavy (non-hydrogen) atoms. The first-order valence-corrected chi connectivity index (χ1v) is 13.2. The van der Waals surface area contributed by atoms with Gasteiger partial charge in [-0.3, -0.25) is 9.69 Å². The Bertz CT molecular complexity index is 885. The first-order valence-electron chi connectivity index (χ1n) is 12.4. The third-order valence-corrected chi connectivity index (χ3v) is 6.42. The second-order valence-electron chi connectivity index (χ2n) is 8.61. The maximum atomic E-state index is 12.6. The number of nitrogens with one attached hydrogen (secondary N) is 2. The molecule has 1 aromatic carbocycles. The predicted molar refractivity (Wildman–Crippen MR) is 139 cm³/mol. The molecule has 0 saturated heterocycles. The molecule has 2 heterocycles. The monoisotopic (exact) mass is 482 g/mol. The van der Waals surface area contributed by atoms with E-state index in [9.17, 15) is 4.79 Å². The van der Waals surface area contributed by atoms with Gasteiger partial charge in [-0.2, -0.15) is 0 Å². The topological polar surface area (TPSA) is 77.2 Å². The van der Waals surface area contributed by atoms with Crippen LogP contribution in [0.5, 0.6) is 0 Å². The van der Waals surface area contributed by atoms with Gasteiger partial charge in [-0.1, -0.05) is 26.0 Å². The SMILES string of the molecule is CCCN(CCC)CCCCNC(=O)c1ccc(CN(Cc2ncc[nH]2)Cc2nccs2)cc1. The molecule has 0 radical (unpaired) electrons. The van der Waals surface area contributed by atoms with Gasteiger partial charge in [0.2, 0.25) is 0 Å². The lowest BCUT2D eigenvalue weighted by Gasteiger charge is -2.20. The summed E-state index contributed by atoms with van der Waals surface area (Å²) >= 11 is 1.66. The van der Waals surface area contributed by atoms with Crippen molar-refractivity contribution >= 4 is 17.2 Å². The Balaban J connectivity index is 1.45. The molecule has 0 spiro atoms. The van der Waals surface area contributed by atoms with Gasteiger partial charge in [0.1, 0.15) is 10.8 Å². The van der Waals surface area contributed by atoms with Crippen molar-refractivity contribution in [3.8, 4) is 0 Å². The fourth-order valence-electron chi connectivity index (χ4n) is 4.04. The van der Waals surface area contributed by atoms with Gasteiger partial charge in [0.25, 0.3) is 5.91 Å². The summed E-state index contributed by atoms with van der Waals surface area (Å²) in [4.78, 5) is 29.3. The Morgan fingerprint density at radius 2 is 1.74 bits per heavy atom. The normalized spacial score (nSPS) is 11.4. The Morgan fingerprint density at radius 3 is 2.38 bits per heavy atom. The Kier molecular flexibility index (Phi) is 11.2. The molecule has 0 aliphatic rings. The summed E-state index contributed by atoms with van der Waals surface area (Å²) in [6.07, 6.45) is 9.96. The number of rotatable bonds is 16. The molecule has 3 rings (SSSR count). The molecule has 3 aromatic rings. The van der Waals surface area contributed by atoms with Gasteiger partial charge < -0.3 is 15.2 Å². The van der Waals surface area contributed by atoms with Crippen LogP contribution in [-0.2, 0) is 19.6 Å². The molecule has 1 amide bonds. The molecule has 2 N–H and O–H groups in total. The first kappa shape index (κ1) is 26.1. The van der Waals surface area contributed by atoms with Crippen LogP contribution >= 0.6 is 11.3 Å². The van der Waals surface area contributed by atoms with Gasteiger partial charge >= 0.3 is 0 Å². The number of amides is 1. The number of carbonyl (C=O) groups excluding carboxylic acids is 1. The highest BCUT2D eigenvalue weighted by atomic mass is 32.1. The van der Waals surface area contributed by atoms with Gasteiger partial charge in [0.05, 0.1) is 13.1 Å². The minimum absolute atomic E-state index is 0.000694. The maximum absolute atomic E-state index is 12.6. The van der Waals surface area contributed by atoms with Crippen molar-refractivity contribution in [2.24, 2.45) is 0 Å². The molecule has 8 heteroatoms. The van der Waals surface area contributed by atoms with Gasteiger partial charge in [0, 0.05) is 42.6 Å². The average molecular weight is 483 g/mol. The number of benzene rings is 1. The lowest BCUT2D eigenvalue weighted by Crippen LogP contribution is -2.28. The van der Waals surface area contributed by atoms with Crippen LogP contribution < -0.4 is 5.32 Å². The second-order valence-corrected chi connectivity index (χ2v) is 9.59. The molecule has 0 saturated carbocycles. The van der Waals surface area contributed by atoms with Crippen LogP contribution in [0.4, 0.5) is 0 Å². The number of thiazole rings is 1. The van der Waals surface area contributed by atoms with Crippen molar-refractivity contribution < 1.29 is 4.79 Å². The fourth-order valence-corrected chi connectivity index (χ4v) is 4.70. The third-order valence-electron chi connectivity index (χ3n) is 5.66. The number of imidazole rings is 1. The van der Waals surface area contributed by atoms with E-state index in [0.717, 1.165) is 68.5 Å². The van der Waals surface area contributed by atoms with E-state index in [1.807, 2.05) is 42.0 Å². The summed E-state index contributed by atoms with van der Waals surface area (Å²) in [7, 11) is 0. The average Bonchev–Trinajstić information content (AvgIpc) is 3.54. The van der Waals surface area contributed by atoms with Gasteiger partial charge in [-0.05, 0) is 63.0 Å². The van der Waals surface area contributed by atoms with Crippen molar-refractivity contribution in [2.75, 3.05) is 26.2 Å². The number of hydrogen-bond donors (Lipinski definition) is 2.